The minimum absolute atomic E-state index is 1.03. The molecule has 0 bridgehead atoms. The Labute approximate surface area is 74.7 Å². The summed E-state index contributed by atoms with van der Waals surface area (Å²) in [7, 11) is -3.51. The Kier molecular flexibility index (Phi) is 1.66. The molecule has 0 radical (unpaired) electrons. The summed E-state index contributed by atoms with van der Waals surface area (Å²) in [6, 6.07) is 0. The molecule has 0 aromatic carbocycles. The quantitative estimate of drug-likeness (QED) is 0.640. The molecule has 6 nitrogen and oxygen atoms in total. The molecule has 0 atom stereocenters. The lowest BCUT2D eigenvalue weighted by Crippen LogP contribution is -2.44. The Morgan fingerprint density at radius 2 is 2.31 bits per heavy atom. The van der Waals surface area contributed by atoms with Gasteiger partial charge in [-0.05, 0) is 0 Å². The molecule has 0 unspecified atom stereocenters. The highest BCUT2D eigenvalue weighted by molar-refractivity contribution is 7.83. The van der Waals surface area contributed by atoms with Gasteiger partial charge < -0.3 is 0 Å². The molecule has 0 aliphatic rings. The van der Waals surface area contributed by atoms with E-state index in [0.717, 1.165) is 7.94 Å². The Morgan fingerprint density at radius 1 is 1.46 bits per heavy atom. The fourth-order valence-electron chi connectivity index (χ4n) is 0.912. The summed E-state index contributed by atoms with van der Waals surface area (Å²) < 4.78 is 25.3. The van der Waals surface area contributed by atoms with Gasteiger partial charge in [0.15, 0.2) is 0 Å². The van der Waals surface area contributed by atoms with Gasteiger partial charge in [-0.3, -0.25) is 0 Å². The van der Waals surface area contributed by atoms with Gasteiger partial charge in [-0.25, -0.2) is 9.97 Å². The highest BCUT2D eigenvalue weighted by atomic mass is 32.2. The van der Waals surface area contributed by atoms with Gasteiger partial charge in [-0.1, -0.05) is 0 Å². The van der Waals surface area contributed by atoms with E-state index in [1.54, 1.807) is 0 Å². The lowest BCUT2D eigenvalue weighted by molar-refractivity contribution is -0.510. The van der Waals surface area contributed by atoms with E-state index in [4.69, 9.17) is 0 Å². The molecule has 0 fully saturated rings. The fraction of sp³-hybridized carbons (Fsp3) is 0. The number of H-pyrrole nitrogens is 1. The number of hydrogen-bond donors (Lipinski definition) is 1. The van der Waals surface area contributed by atoms with Crippen LogP contribution in [0.1, 0.15) is 0 Å². The average Bonchev–Trinajstić information content (AvgIpc) is 2.78. The number of nitrogens with one attached hydrogen (secondary N) is 1. The van der Waals surface area contributed by atoms with Crippen LogP contribution in [-0.2, 0) is 10.2 Å². The fourth-order valence-corrected chi connectivity index (χ4v) is 1.92. The summed E-state index contributed by atoms with van der Waals surface area (Å²) in [5.41, 5.74) is 0. The van der Waals surface area contributed by atoms with Crippen LogP contribution in [0.4, 0.5) is 0 Å². The standard InChI is InChI=1S/C6H6N4O2S/c11-13(12,9-3-1-7-5-9)10-4-2-8-6-10/h1-6H/p+1. The summed E-state index contributed by atoms with van der Waals surface area (Å²) in [5.74, 6) is 0. The lowest BCUT2D eigenvalue weighted by atomic mass is 11.0. The second-order valence-corrected chi connectivity index (χ2v) is 4.08. The van der Waals surface area contributed by atoms with Crippen molar-refractivity contribution in [2.45, 2.75) is 0 Å². The van der Waals surface area contributed by atoms with Gasteiger partial charge >= 0.3 is 10.2 Å². The maximum absolute atomic E-state index is 11.6. The summed E-state index contributed by atoms with van der Waals surface area (Å²) in [6.07, 6.45) is 8.29. The zero-order chi connectivity index (χ0) is 9.31. The van der Waals surface area contributed by atoms with Gasteiger partial charge in [0.05, 0.1) is 0 Å². The molecule has 0 spiro atoms. The summed E-state index contributed by atoms with van der Waals surface area (Å²) >= 11 is 0. The highest BCUT2D eigenvalue weighted by Gasteiger charge is 2.19. The zero-order valence-corrected chi connectivity index (χ0v) is 7.35. The molecule has 0 aliphatic heterocycles. The molecular weight excluding hydrogens is 192 g/mol. The van der Waals surface area contributed by atoms with Gasteiger partial charge in [0.1, 0.15) is 18.7 Å². The first-order valence-electron chi connectivity index (χ1n) is 3.49. The Bertz CT molecular complexity index is 430. The molecule has 0 saturated heterocycles. The smallest absolute Gasteiger partial charge is 0.249 e. The van der Waals surface area contributed by atoms with Crippen LogP contribution >= 0.6 is 0 Å². The molecule has 7 heteroatoms. The van der Waals surface area contributed by atoms with Crippen molar-refractivity contribution in [2.75, 3.05) is 0 Å². The minimum Gasteiger partial charge on any atom is -0.249 e. The van der Waals surface area contributed by atoms with E-state index in [1.807, 2.05) is 0 Å². The van der Waals surface area contributed by atoms with Crippen LogP contribution in [0.5, 0.6) is 0 Å². The van der Waals surface area contributed by atoms with Crippen LogP contribution in [0.2, 0.25) is 0 Å². The van der Waals surface area contributed by atoms with Crippen LogP contribution in [0.3, 0.4) is 0 Å². The van der Waals surface area contributed by atoms with E-state index < -0.39 is 10.2 Å². The number of hydrogen-bond acceptors (Lipinski definition) is 3. The third-order valence-corrected chi connectivity index (χ3v) is 3.04. The molecule has 2 aromatic rings. The largest absolute Gasteiger partial charge is 0.408 e. The Balaban J connectivity index is 2.56. The number of nitrogens with zero attached hydrogens (tertiary/aromatic N) is 3. The van der Waals surface area contributed by atoms with Gasteiger partial charge in [-0.15, -0.1) is 3.97 Å². The van der Waals surface area contributed by atoms with Crippen molar-refractivity contribution in [3.05, 3.63) is 37.4 Å². The van der Waals surface area contributed by atoms with E-state index in [0.29, 0.717) is 0 Å². The van der Waals surface area contributed by atoms with E-state index >= 15 is 0 Å². The average molecular weight is 199 g/mol. The second-order valence-electron chi connectivity index (χ2n) is 2.34. The van der Waals surface area contributed by atoms with E-state index in [1.165, 1.54) is 37.4 Å². The molecule has 0 saturated carbocycles. The molecule has 0 aliphatic carbocycles. The maximum atomic E-state index is 11.6. The molecule has 68 valence electrons. The summed E-state index contributed by atoms with van der Waals surface area (Å²) in [6.45, 7) is 0. The van der Waals surface area contributed by atoms with E-state index in [-0.39, 0.29) is 0 Å². The molecule has 2 heterocycles. The van der Waals surface area contributed by atoms with E-state index in [2.05, 4.69) is 9.97 Å². The predicted octanol–water partition coefficient (Wildman–Crippen LogP) is -0.860. The monoisotopic (exact) mass is 199 g/mol. The Morgan fingerprint density at radius 3 is 2.85 bits per heavy atom. The van der Waals surface area contributed by atoms with Crippen molar-refractivity contribution >= 4 is 10.2 Å². The van der Waals surface area contributed by atoms with Crippen molar-refractivity contribution in [3.63, 3.8) is 0 Å². The number of rotatable bonds is 2. The third kappa shape index (κ3) is 1.22. The summed E-state index contributed by atoms with van der Waals surface area (Å²) in [4.78, 5) is 6.31. The van der Waals surface area contributed by atoms with Crippen molar-refractivity contribution < 1.29 is 12.4 Å². The van der Waals surface area contributed by atoms with Crippen LogP contribution in [0.15, 0.2) is 37.4 Å². The predicted molar refractivity (Wildman–Crippen MR) is 42.9 cm³/mol. The molecule has 0 amide bonds. The number of aromatic nitrogens is 4. The SMILES string of the molecule is O=S(=O)(n1ccnc1)[n+]1cc[nH]c1. The topological polar surface area (TPSA) is 71.6 Å². The van der Waals surface area contributed by atoms with Crippen LogP contribution in [0.25, 0.3) is 0 Å². The third-order valence-electron chi connectivity index (χ3n) is 1.53. The van der Waals surface area contributed by atoms with Crippen molar-refractivity contribution in [1.82, 2.24) is 13.9 Å². The Hall–Kier alpha value is -1.63. The second kappa shape index (κ2) is 2.70. The van der Waals surface area contributed by atoms with Crippen LogP contribution < -0.4 is 3.97 Å². The molecule has 1 N–H and O–H groups in total. The lowest BCUT2D eigenvalue weighted by Gasteiger charge is -1.97. The van der Waals surface area contributed by atoms with Crippen molar-refractivity contribution in [1.29, 1.82) is 0 Å². The van der Waals surface area contributed by atoms with E-state index in [9.17, 15) is 8.42 Å². The molecule has 2 aromatic heterocycles. The zero-order valence-electron chi connectivity index (χ0n) is 6.53. The van der Waals surface area contributed by atoms with Crippen molar-refractivity contribution in [3.8, 4) is 0 Å². The first kappa shape index (κ1) is 7.99. The number of aromatic amines is 1. The van der Waals surface area contributed by atoms with Gasteiger partial charge in [0.25, 0.3) is 6.33 Å². The van der Waals surface area contributed by atoms with Gasteiger partial charge in [-0.2, -0.15) is 12.4 Å². The normalized spacial score (nSPS) is 11.7. The van der Waals surface area contributed by atoms with Crippen molar-refractivity contribution in [2.24, 2.45) is 0 Å². The number of imidazole rings is 2. The minimum atomic E-state index is -3.51. The highest BCUT2D eigenvalue weighted by Crippen LogP contribution is 1.91. The maximum Gasteiger partial charge on any atom is 0.408 e. The summed E-state index contributed by atoms with van der Waals surface area (Å²) in [5, 5.41) is 0. The molecule has 2 rings (SSSR count). The molecular formula is C6H7N4O2S+. The van der Waals surface area contributed by atoms with Crippen LogP contribution in [-0.4, -0.2) is 22.4 Å². The van der Waals surface area contributed by atoms with Gasteiger partial charge in [0.2, 0.25) is 0 Å². The first-order chi connectivity index (χ1) is 6.21. The first-order valence-corrected chi connectivity index (χ1v) is 4.89. The van der Waals surface area contributed by atoms with Crippen LogP contribution in [0, 0.1) is 0 Å². The van der Waals surface area contributed by atoms with Gasteiger partial charge in [0, 0.05) is 12.4 Å². The molecule has 13 heavy (non-hydrogen) atoms.